The molecule has 13 heteroatoms. The lowest BCUT2D eigenvalue weighted by molar-refractivity contribution is -0.296. The minimum absolute atomic E-state index is 0.00209. The lowest BCUT2D eigenvalue weighted by Crippen LogP contribution is -2.38. The lowest BCUT2D eigenvalue weighted by atomic mass is 10.0. The van der Waals surface area contributed by atoms with Crippen molar-refractivity contribution in [2.75, 3.05) is 25.6 Å². The highest BCUT2D eigenvalue weighted by atomic mass is 19.3. The van der Waals surface area contributed by atoms with Gasteiger partial charge in [0.2, 0.25) is 11.9 Å². The summed E-state index contributed by atoms with van der Waals surface area (Å²) in [6, 6.07) is 0. The third-order valence-corrected chi connectivity index (χ3v) is 4.97. The van der Waals surface area contributed by atoms with Crippen LogP contribution < -0.4 is 10.9 Å². The van der Waals surface area contributed by atoms with E-state index in [-0.39, 0.29) is 28.9 Å². The third-order valence-electron chi connectivity index (χ3n) is 4.97. The highest BCUT2D eigenvalue weighted by Crippen LogP contribution is 2.39. The average molecular weight is 445 g/mol. The van der Waals surface area contributed by atoms with Gasteiger partial charge in [-0.25, -0.2) is 4.98 Å². The van der Waals surface area contributed by atoms with Gasteiger partial charge in [-0.2, -0.15) is 13.8 Å². The first-order chi connectivity index (χ1) is 14.6. The number of nitrogens with one attached hydrogen (secondary N) is 2. The van der Waals surface area contributed by atoms with Crippen LogP contribution in [0.1, 0.15) is 27.0 Å². The fourth-order valence-electron chi connectivity index (χ4n) is 3.28. The first-order valence-corrected chi connectivity index (χ1v) is 9.66. The minimum atomic E-state index is -3.61. The van der Waals surface area contributed by atoms with Crippen molar-refractivity contribution in [3.8, 4) is 0 Å². The summed E-state index contributed by atoms with van der Waals surface area (Å²) in [7, 11) is 1.12. The summed E-state index contributed by atoms with van der Waals surface area (Å²) in [5, 5.41) is 12.1. The molecule has 1 fully saturated rings. The molecular weight excluding hydrogens is 420 g/mol. The number of amides is 1. The number of aromatic amines is 1. The molecule has 2 aromatic heterocycles. The normalized spacial score (nSPS) is 24.3. The van der Waals surface area contributed by atoms with Gasteiger partial charge >= 0.3 is 6.11 Å². The predicted octanol–water partition coefficient (Wildman–Crippen LogP) is 0.864. The molecule has 172 valence electrons. The van der Waals surface area contributed by atoms with Crippen LogP contribution in [0.2, 0.25) is 0 Å². The summed E-state index contributed by atoms with van der Waals surface area (Å²) in [6.07, 6.45) is -5.58. The van der Waals surface area contributed by atoms with Crippen molar-refractivity contribution >= 4 is 23.0 Å². The number of aromatic nitrogens is 4. The van der Waals surface area contributed by atoms with E-state index >= 15 is 0 Å². The molecule has 0 radical (unpaired) electrons. The van der Waals surface area contributed by atoms with Crippen LogP contribution in [0, 0.1) is 11.8 Å². The largest absolute Gasteiger partial charge is 0.394 e. The molecule has 3 heterocycles. The van der Waals surface area contributed by atoms with Crippen molar-refractivity contribution in [1.82, 2.24) is 19.5 Å². The molecule has 11 nitrogen and oxygen atoms in total. The fourth-order valence-corrected chi connectivity index (χ4v) is 3.28. The van der Waals surface area contributed by atoms with E-state index in [9.17, 15) is 23.5 Å². The topological polar surface area (TPSA) is 141 Å². The molecule has 31 heavy (non-hydrogen) atoms. The van der Waals surface area contributed by atoms with E-state index in [2.05, 4.69) is 25.0 Å². The second-order valence-corrected chi connectivity index (χ2v) is 7.64. The molecule has 0 aliphatic carbocycles. The Morgan fingerprint density at radius 2 is 2.19 bits per heavy atom. The van der Waals surface area contributed by atoms with Crippen LogP contribution in [-0.4, -0.2) is 69.2 Å². The van der Waals surface area contributed by atoms with Crippen LogP contribution in [-0.2, 0) is 19.0 Å². The number of fused-ring (bicyclic) bond motifs is 1. The Hall–Kier alpha value is -2.48. The quantitative estimate of drug-likeness (QED) is 0.544. The van der Waals surface area contributed by atoms with E-state index in [1.807, 2.05) is 0 Å². The molecule has 1 saturated heterocycles. The summed E-state index contributed by atoms with van der Waals surface area (Å²) >= 11 is 0. The van der Waals surface area contributed by atoms with Crippen LogP contribution in [0.3, 0.4) is 0 Å². The molecule has 3 rings (SSSR count). The number of H-pyrrole nitrogens is 1. The molecule has 4 atom stereocenters. The van der Waals surface area contributed by atoms with Crippen molar-refractivity contribution in [2.45, 2.75) is 45.3 Å². The Balaban J connectivity index is 2.02. The molecule has 0 saturated carbocycles. The highest BCUT2D eigenvalue weighted by Gasteiger charge is 2.49. The van der Waals surface area contributed by atoms with Gasteiger partial charge in [0.25, 0.3) is 5.56 Å². The molecule has 0 unspecified atom stereocenters. The van der Waals surface area contributed by atoms with E-state index in [4.69, 9.17) is 9.47 Å². The monoisotopic (exact) mass is 445 g/mol. The van der Waals surface area contributed by atoms with E-state index in [1.165, 1.54) is 10.9 Å². The van der Waals surface area contributed by atoms with Crippen LogP contribution in [0.15, 0.2) is 11.1 Å². The van der Waals surface area contributed by atoms with Crippen molar-refractivity contribution in [2.24, 2.45) is 11.8 Å². The van der Waals surface area contributed by atoms with Gasteiger partial charge in [-0.05, 0) is 0 Å². The molecule has 0 aromatic carbocycles. The molecule has 1 amide bonds. The zero-order valence-electron chi connectivity index (χ0n) is 17.5. The molecule has 0 bridgehead atoms. The van der Waals surface area contributed by atoms with Crippen molar-refractivity contribution in [1.29, 1.82) is 0 Å². The number of carbonyl (C=O) groups excluding carboxylic acids is 1. The van der Waals surface area contributed by atoms with Crippen LogP contribution in [0.4, 0.5) is 14.7 Å². The molecule has 1 aliphatic rings. The molecule has 2 aromatic rings. The van der Waals surface area contributed by atoms with Gasteiger partial charge in [-0.3, -0.25) is 24.5 Å². The Morgan fingerprint density at radius 3 is 2.81 bits per heavy atom. The Morgan fingerprint density at radius 1 is 1.48 bits per heavy atom. The zero-order chi connectivity index (χ0) is 22.9. The number of nitrogens with zero attached hydrogens (tertiary/aromatic N) is 3. The summed E-state index contributed by atoms with van der Waals surface area (Å²) in [5.41, 5.74) is -0.703. The van der Waals surface area contributed by atoms with Crippen LogP contribution >= 0.6 is 0 Å². The number of methoxy groups -OCH3 is 1. The van der Waals surface area contributed by atoms with Gasteiger partial charge in [0.15, 0.2) is 17.4 Å². The number of hydrogen-bond donors (Lipinski definition) is 3. The number of alkyl halides is 2. The van der Waals surface area contributed by atoms with Gasteiger partial charge < -0.3 is 19.3 Å². The van der Waals surface area contributed by atoms with Gasteiger partial charge in [-0.15, -0.1) is 0 Å². The second-order valence-electron chi connectivity index (χ2n) is 7.64. The highest BCUT2D eigenvalue weighted by molar-refractivity contribution is 5.91. The maximum Gasteiger partial charge on any atom is 0.379 e. The van der Waals surface area contributed by atoms with Crippen LogP contribution in [0.5, 0.6) is 0 Å². The number of aliphatic hydroxyl groups excluding tert-OH is 1. The number of halogens is 2. The Kier molecular flexibility index (Phi) is 6.69. The van der Waals surface area contributed by atoms with E-state index in [0.29, 0.717) is 0 Å². The first kappa shape index (κ1) is 23.2. The first-order valence-electron chi connectivity index (χ1n) is 9.66. The second kappa shape index (κ2) is 8.94. The van der Waals surface area contributed by atoms with Crippen molar-refractivity contribution in [3.05, 3.63) is 16.7 Å². The molecule has 3 N–H and O–H groups in total. The zero-order valence-corrected chi connectivity index (χ0v) is 17.5. The minimum Gasteiger partial charge on any atom is -0.394 e. The smallest absolute Gasteiger partial charge is 0.379 e. The molecule has 1 aliphatic heterocycles. The summed E-state index contributed by atoms with van der Waals surface area (Å²) in [6.45, 7) is 3.54. The standard InChI is InChI=1S/C18H25F2N5O6/c1-8(2)14(27)23-17-22-13-11(15(28)24-17)21-7-25(13)16-12(9(3)10(5-26)30-16)31-18(19,20)6-29-4/h7-10,12,16,26H,5-6H2,1-4H3,(H2,22,23,24,27,28)/t9-,10-,12-,16-/m1/s1. The molecular formula is C18H25F2N5O6. The number of hydrogen-bond acceptors (Lipinski definition) is 8. The predicted molar refractivity (Wildman–Crippen MR) is 103 cm³/mol. The van der Waals surface area contributed by atoms with Gasteiger partial charge in [-0.1, -0.05) is 20.8 Å². The number of imidazole rings is 1. The number of carbonyl (C=O) groups is 1. The maximum atomic E-state index is 14.1. The Labute approximate surface area is 175 Å². The molecule has 0 spiro atoms. The fraction of sp³-hybridized carbons (Fsp3) is 0.667. The van der Waals surface area contributed by atoms with E-state index in [1.54, 1.807) is 20.8 Å². The maximum absolute atomic E-state index is 14.1. The van der Waals surface area contributed by atoms with E-state index < -0.39 is 49.2 Å². The summed E-state index contributed by atoms with van der Waals surface area (Å²) < 4.78 is 44.8. The Bertz CT molecular complexity index is 993. The summed E-state index contributed by atoms with van der Waals surface area (Å²) in [4.78, 5) is 35.0. The number of aliphatic hydroxyl groups is 1. The van der Waals surface area contributed by atoms with E-state index in [0.717, 1.165) is 7.11 Å². The van der Waals surface area contributed by atoms with Crippen LogP contribution in [0.25, 0.3) is 11.2 Å². The summed E-state index contributed by atoms with van der Waals surface area (Å²) in [5.74, 6) is -1.49. The average Bonchev–Trinajstić information content (AvgIpc) is 3.23. The lowest BCUT2D eigenvalue weighted by Gasteiger charge is -2.27. The number of anilines is 1. The third kappa shape index (κ3) is 4.74. The van der Waals surface area contributed by atoms with Crippen molar-refractivity contribution < 1.29 is 32.9 Å². The number of rotatable bonds is 8. The SMILES string of the molecule is COCC(F)(F)O[C@@H]1[C@H](C)[C@@H](CO)O[C@H]1n1cnc2c(=O)[nH]c(NC(=O)C(C)C)nc21. The number of ether oxygens (including phenoxy) is 3. The van der Waals surface area contributed by atoms with Crippen molar-refractivity contribution in [3.63, 3.8) is 0 Å². The van der Waals surface area contributed by atoms with Gasteiger partial charge in [0, 0.05) is 18.9 Å². The van der Waals surface area contributed by atoms with Gasteiger partial charge in [0.1, 0.15) is 12.7 Å². The van der Waals surface area contributed by atoms with Gasteiger partial charge in [0.05, 0.1) is 19.0 Å².